The number of ether oxygens (including phenoxy) is 2. The van der Waals surface area contributed by atoms with E-state index in [1.54, 1.807) is 7.11 Å². The lowest BCUT2D eigenvalue weighted by Gasteiger charge is -2.53. The number of nitrogens with zero attached hydrogens (tertiary/aromatic N) is 1. The van der Waals surface area contributed by atoms with Gasteiger partial charge in [-0.1, -0.05) is 36.9 Å². The largest absolute Gasteiger partial charge is 0.497 e. The second-order valence-corrected chi connectivity index (χ2v) is 7.49. The maximum Gasteiger partial charge on any atom is 0.119 e. The third-order valence-electron chi connectivity index (χ3n) is 5.84. The molecule has 1 unspecified atom stereocenters. The zero-order chi connectivity index (χ0) is 17.9. The van der Waals surface area contributed by atoms with Crippen molar-refractivity contribution in [3.8, 4) is 11.5 Å². The summed E-state index contributed by atoms with van der Waals surface area (Å²) in [5, 5.41) is 0. The molecule has 0 aromatic heterocycles. The molecule has 3 nitrogen and oxygen atoms in total. The van der Waals surface area contributed by atoms with Crippen LogP contribution in [0.4, 0.5) is 0 Å². The lowest BCUT2D eigenvalue weighted by Crippen LogP contribution is -2.57. The van der Waals surface area contributed by atoms with Crippen LogP contribution < -0.4 is 9.47 Å². The molecule has 2 bridgehead atoms. The molecule has 5 rings (SSSR count). The minimum atomic E-state index is 0.494. The number of benzene rings is 2. The summed E-state index contributed by atoms with van der Waals surface area (Å²) in [7, 11) is 1.71. The topological polar surface area (TPSA) is 21.7 Å². The van der Waals surface area contributed by atoms with Crippen molar-refractivity contribution >= 4 is 6.08 Å². The smallest absolute Gasteiger partial charge is 0.119 e. The molecule has 0 N–H and O–H groups in total. The van der Waals surface area contributed by atoms with Crippen LogP contribution in [0.5, 0.6) is 11.5 Å². The quantitative estimate of drug-likeness (QED) is 0.719. The van der Waals surface area contributed by atoms with Gasteiger partial charge in [-0.25, -0.2) is 0 Å². The van der Waals surface area contributed by atoms with E-state index in [0.29, 0.717) is 12.1 Å². The molecule has 0 spiro atoms. The highest BCUT2D eigenvalue weighted by molar-refractivity contribution is 5.48. The van der Waals surface area contributed by atoms with Crippen molar-refractivity contribution < 1.29 is 9.47 Å². The van der Waals surface area contributed by atoms with Gasteiger partial charge < -0.3 is 9.47 Å². The van der Waals surface area contributed by atoms with E-state index in [4.69, 9.17) is 9.47 Å². The van der Waals surface area contributed by atoms with Crippen LogP contribution in [0.1, 0.15) is 30.4 Å². The van der Waals surface area contributed by atoms with E-state index in [-0.39, 0.29) is 0 Å². The van der Waals surface area contributed by atoms with E-state index in [9.17, 15) is 0 Å². The predicted octanol–water partition coefficient (Wildman–Crippen LogP) is 4.77. The molecule has 2 saturated heterocycles. The molecule has 26 heavy (non-hydrogen) atoms. The fraction of sp³-hybridized carbons (Fsp3) is 0.391. The van der Waals surface area contributed by atoms with E-state index in [2.05, 4.69) is 47.9 Å². The van der Waals surface area contributed by atoms with Gasteiger partial charge in [-0.15, -0.1) is 0 Å². The second kappa shape index (κ2) is 7.55. The van der Waals surface area contributed by atoms with Crippen LogP contribution in [-0.2, 0) is 6.54 Å². The van der Waals surface area contributed by atoms with Gasteiger partial charge in [-0.2, -0.15) is 0 Å². The van der Waals surface area contributed by atoms with E-state index >= 15 is 0 Å². The highest BCUT2D eigenvalue weighted by Gasteiger charge is 2.43. The maximum absolute atomic E-state index is 6.12. The van der Waals surface area contributed by atoms with Gasteiger partial charge in [0.2, 0.25) is 0 Å². The number of rotatable bonds is 7. The molecule has 1 saturated carbocycles. The Kier molecular flexibility index (Phi) is 4.98. The van der Waals surface area contributed by atoms with Gasteiger partial charge in [0.25, 0.3) is 0 Å². The summed E-state index contributed by atoms with van der Waals surface area (Å²) >= 11 is 0. The number of piperidine rings is 2. The number of hydrogen-bond acceptors (Lipinski definition) is 3. The van der Waals surface area contributed by atoms with Crippen LogP contribution in [0.15, 0.2) is 55.1 Å². The average molecular weight is 349 g/mol. The summed E-state index contributed by atoms with van der Waals surface area (Å²) in [6.45, 7) is 5.55. The summed E-state index contributed by atoms with van der Waals surface area (Å²) in [6, 6.07) is 17.8. The van der Waals surface area contributed by atoms with E-state index in [0.717, 1.165) is 36.1 Å². The Morgan fingerprint density at radius 1 is 1.00 bits per heavy atom. The van der Waals surface area contributed by atoms with Crippen LogP contribution in [0.3, 0.4) is 0 Å². The zero-order valence-corrected chi connectivity index (χ0v) is 15.4. The van der Waals surface area contributed by atoms with Gasteiger partial charge in [0.05, 0.1) is 7.11 Å². The summed E-state index contributed by atoms with van der Waals surface area (Å²) in [5.74, 6) is 2.75. The Labute approximate surface area is 156 Å². The second-order valence-electron chi connectivity index (χ2n) is 7.49. The molecule has 0 radical (unpaired) electrons. The maximum atomic E-state index is 6.12. The predicted molar refractivity (Wildman–Crippen MR) is 105 cm³/mol. The van der Waals surface area contributed by atoms with Crippen LogP contribution in [0.2, 0.25) is 0 Å². The first kappa shape index (κ1) is 17.2. The fourth-order valence-corrected chi connectivity index (χ4v) is 4.24. The van der Waals surface area contributed by atoms with Gasteiger partial charge in [0.15, 0.2) is 0 Å². The SMILES string of the molecule is C=Cc1ccc(OCC2CC3CC(C3)N2Cc2ccc(OC)cc2)cc1. The lowest BCUT2D eigenvalue weighted by atomic mass is 9.70. The first-order chi connectivity index (χ1) is 12.7. The fourth-order valence-electron chi connectivity index (χ4n) is 4.24. The molecular weight excluding hydrogens is 322 g/mol. The standard InChI is InChI=1S/C23H27NO2/c1-3-17-4-10-23(11-5-17)26-16-21-14-19-12-20(13-19)24(21)15-18-6-8-22(25-2)9-7-18/h3-11,19-21H,1,12-16H2,2H3. The van der Waals surface area contributed by atoms with Crippen molar-refractivity contribution in [3.63, 3.8) is 0 Å². The average Bonchev–Trinajstić information content (AvgIpc) is 2.67. The molecule has 3 aliphatic rings. The van der Waals surface area contributed by atoms with E-state index in [1.807, 2.05) is 18.2 Å². The van der Waals surface area contributed by atoms with Gasteiger partial charge in [-0.05, 0) is 60.6 Å². The number of methoxy groups -OCH3 is 1. The third kappa shape index (κ3) is 3.63. The van der Waals surface area contributed by atoms with Gasteiger partial charge in [-0.3, -0.25) is 4.90 Å². The van der Waals surface area contributed by atoms with Crippen molar-refractivity contribution in [1.29, 1.82) is 0 Å². The number of fused-ring (bicyclic) bond motifs is 2. The molecule has 136 valence electrons. The summed E-state index contributed by atoms with van der Waals surface area (Å²) in [6.07, 6.45) is 5.80. The highest BCUT2D eigenvalue weighted by Crippen LogP contribution is 2.43. The van der Waals surface area contributed by atoms with Crippen LogP contribution >= 0.6 is 0 Å². The van der Waals surface area contributed by atoms with Gasteiger partial charge in [0.1, 0.15) is 18.1 Å². The van der Waals surface area contributed by atoms with Crippen molar-refractivity contribution in [1.82, 2.24) is 4.90 Å². The first-order valence-corrected chi connectivity index (χ1v) is 9.49. The summed E-state index contributed by atoms with van der Waals surface area (Å²) < 4.78 is 11.4. The van der Waals surface area contributed by atoms with Crippen LogP contribution in [0, 0.1) is 5.92 Å². The lowest BCUT2D eigenvalue weighted by molar-refractivity contribution is -0.0526. The Morgan fingerprint density at radius 3 is 2.35 bits per heavy atom. The molecule has 2 aromatic carbocycles. The Hall–Kier alpha value is -2.26. The monoisotopic (exact) mass is 349 g/mol. The molecule has 1 atom stereocenters. The number of hydrogen-bond donors (Lipinski definition) is 0. The zero-order valence-electron chi connectivity index (χ0n) is 15.4. The van der Waals surface area contributed by atoms with E-state index < -0.39 is 0 Å². The van der Waals surface area contributed by atoms with Crippen molar-refractivity contribution in [2.45, 2.75) is 37.9 Å². The first-order valence-electron chi connectivity index (χ1n) is 9.49. The Balaban J connectivity index is 1.40. The molecular formula is C23H27NO2. The molecule has 1 aliphatic carbocycles. The Bertz CT molecular complexity index is 732. The van der Waals surface area contributed by atoms with Crippen LogP contribution in [0.25, 0.3) is 6.08 Å². The molecule has 0 amide bonds. The minimum Gasteiger partial charge on any atom is -0.497 e. The highest BCUT2D eigenvalue weighted by atomic mass is 16.5. The Morgan fingerprint density at radius 2 is 1.69 bits per heavy atom. The van der Waals surface area contributed by atoms with Gasteiger partial charge in [0, 0.05) is 18.6 Å². The summed E-state index contributed by atoms with van der Waals surface area (Å²) in [5.41, 5.74) is 2.47. The van der Waals surface area contributed by atoms with Gasteiger partial charge >= 0.3 is 0 Å². The minimum absolute atomic E-state index is 0.494. The van der Waals surface area contributed by atoms with Crippen molar-refractivity contribution in [2.75, 3.05) is 13.7 Å². The summed E-state index contributed by atoms with van der Waals surface area (Å²) in [4.78, 5) is 2.65. The van der Waals surface area contributed by atoms with E-state index in [1.165, 1.54) is 24.8 Å². The molecule has 3 fully saturated rings. The van der Waals surface area contributed by atoms with Crippen molar-refractivity contribution in [2.24, 2.45) is 5.92 Å². The van der Waals surface area contributed by atoms with Crippen molar-refractivity contribution in [3.05, 3.63) is 66.2 Å². The van der Waals surface area contributed by atoms with Crippen LogP contribution in [-0.4, -0.2) is 30.7 Å². The third-order valence-corrected chi connectivity index (χ3v) is 5.84. The molecule has 3 heteroatoms. The molecule has 2 aliphatic heterocycles. The normalized spacial score (nSPS) is 24.6. The molecule has 2 aromatic rings. The molecule has 2 heterocycles.